The monoisotopic (exact) mass is 516 g/mol. The number of likely N-dealkylation sites (N-methyl/N-ethyl adjacent to an activating group) is 2. The third kappa shape index (κ3) is 11.2. The zero-order valence-corrected chi connectivity index (χ0v) is 23.4. The molecule has 9 nitrogen and oxygen atoms in total. The molecule has 0 bridgehead atoms. The summed E-state index contributed by atoms with van der Waals surface area (Å²) in [4.78, 5) is 46.7. The average Bonchev–Trinajstić information content (AvgIpc) is 3.17. The number of hydrogen-bond donors (Lipinski definition) is 2. The molecule has 2 rings (SSSR count). The Morgan fingerprint density at radius 3 is 1.62 bits per heavy atom. The topological polar surface area (TPSA) is 88.2 Å². The molecule has 1 aromatic carbocycles. The standard InChI is InChI=1S/C28H48N6O3/c1-5-31(6-2)19-21-34(22-20-32(7-3)8-4)28(37)27(36)30-25-15-13-24(14-16-25)29-26(35)23-33-17-11-9-10-12-18-33/h13-16H,5-12,17-23H2,1-4H3,(H,29,35)(H,30,36). The molecule has 1 aliphatic heterocycles. The van der Waals surface area contributed by atoms with Crippen LogP contribution in [-0.4, -0.2) is 109 Å². The molecule has 1 fully saturated rings. The zero-order valence-electron chi connectivity index (χ0n) is 23.4. The summed E-state index contributed by atoms with van der Waals surface area (Å²) in [5.74, 6) is -1.20. The van der Waals surface area contributed by atoms with Crippen LogP contribution in [0.2, 0.25) is 0 Å². The van der Waals surface area contributed by atoms with Crippen molar-refractivity contribution in [3.63, 3.8) is 0 Å². The molecule has 9 heteroatoms. The van der Waals surface area contributed by atoms with Crippen molar-refractivity contribution in [2.75, 3.05) is 82.6 Å². The van der Waals surface area contributed by atoms with E-state index in [0.717, 1.165) is 65.2 Å². The Kier molecular flexibility index (Phi) is 14.2. The highest BCUT2D eigenvalue weighted by molar-refractivity contribution is 6.39. The number of amides is 3. The average molecular weight is 517 g/mol. The largest absolute Gasteiger partial charge is 0.332 e. The zero-order chi connectivity index (χ0) is 27.0. The van der Waals surface area contributed by atoms with Crippen LogP contribution >= 0.6 is 0 Å². The number of nitrogens with zero attached hydrogens (tertiary/aromatic N) is 4. The number of nitrogens with one attached hydrogen (secondary N) is 2. The van der Waals surface area contributed by atoms with E-state index in [1.165, 1.54) is 12.8 Å². The molecule has 208 valence electrons. The van der Waals surface area contributed by atoms with Crippen LogP contribution < -0.4 is 10.6 Å². The summed E-state index contributed by atoms with van der Waals surface area (Å²) in [6, 6.07) is 6.92. The van der Waals surface area contributed by atoms with Crippen LogP contribution in [0.1, 0.15) is 53.4 Å². The van der Waals surface area contributed by atoms with Gasteiger partial charge in [0.15, 0.2) is 0 Å². The van der Waals surface area contributed by atoms with Gasteiger partial charge in [0, 0.05) is 37.6 Å². The van der Waals surface area contributed by atoms with Crippen molar-refractivity contribution >= 4 is 29.1 Å². The van der Waals surface area contributed by atoms with E-state index in [2.05, 4.69) is 53.0 Å². The van der Waals surface area contributed by atoms with Crippen LogP contribution in [0.25, 0.3) is 0 Å². The van der Waals surface area contributed by atoms with Gasteiger partial charge in [-0.3, -0.25) is 19.3 Å². The minimum Gasteiger partial charge on any atom is -0.332 e. The maximum atomic E-state index is 13.1. The van der Waals surface area contributed by atoms with E-state index < -0.39 is 11.8 Å². The second-order valence-corrected chi connectivity index (χ2v) is 9.62. The van der Waals surface area contributed by atoms with Gasteiger partial charge in [-0.1, -0.05) is 40.5 Å². The predicted octanol–water partition coefficient (Wildman–Crippen LogP) is 2.95. The van der Waals surface area contributed by atoms with Crippen LogP contribution in [0, 0.1) is 0 Å². The molecule has 0 aromatic heterocycles. The number of benzene rings is 1. The number of likely N-dealkylation sites (tertiary alicyclic amines) is 1. The molecule has 0 radical (unpaired) electrons. The lowest BCUT2D eigenvalue weighted by Crippen LogP contribution is -2.46. The molecule has 1 heterocycles. The van der Waals surface area contributed by atoms with E-state index in [0.29, 0.717) is 31.0 Å². The molecule has 0 saturated carbocycles. The molecule has 37 heavy (non-hydrogen) atoms. The maximum absolute atomic E-state index is 13.1. The van der Waals surface area contributed by atoms with E-state index in [9.17, 15) is 14.4 Å². The molecule has 0 unspecified atom stereocenters. The number of anilines is 2. The van der Waals surface area contributed by atoms with E-state index in [4.69, 9.17) is 0 Å². The first-order valence-corrected chi connectivity index (χ1v) is 14.1. The number of hydrogen-bond acceptors (Lipinski definition) is 6. The molecular formula is C28H48N6O3. The van der Waals surface area contributed by atoms with Gasteiger partial charge in [-0.2, -0.15) is 0 Å². The van der Waals surface area contributed by atoms with Crippen molar-refractivity contribution in [2.45, 2.75) is 53.4 Å². The fourth-order valence-corrected chi connectivity index (χ4v) is 4.58. The number of rotatable bonds is 14. The van der Waals surface area contributed by atoms with Gasteiger partial charge in [0.1, 0.15) is 0 Å². The Morgan fingerprint density at radius 2 is 1.16 bits per heavy atom. The van der Waals surface area contributed by atoms with Gasteiger partial charge in [0.25, 0.3) is 0 Å². The summed E-state index contributed by atoms with van der Waals surface area (Å²) in [5.41, 5.74) is 1.19. The van der Waals surface area contributed by atoms with Crippen molar-refractivity contribution in [3.05, 3.63) is 24.3 Å². The van der Waals surface area contributed by atoms with Crippen LogP contribution in [0.4, 0.5) is 11.4 Å². The van der Waals surface area contributed by atoms with Crippen LogP contribution in [0.5, 0.6) is 0 Å². The van der Waals surface area contributed by atoms with E-state index in [1.807, 2.05) is 0 Å². The molecular weight excluding hydrogens is 468 g/mol. The third-order valence-corrected chi connectivity index (χ3v) is 7.14. The summed E-state index contributed by atoms with van der Waals surface area (Å²) in [6.45, 7) is 16.8. The first-order chi connectivity index (χ1) is 17.9. The molecule has 0 aliphatic carbocycles. The molecule has 0 spiro atoms. The molecule has 1 saturated heterocycles. The quantitative estimate of drug-likeness (QED) is 0.370. The van der Waals surface area contributed by atoms with Crippen molar-refractivity contribution in [1.82, 2.24) is 19.6 Å². The van der Waals surface area contributed by atoms with Gasteiger partial charge >= 0.3 is 11.8 Å². The van der Waals surface area contributed by atoms with E-state index in [1.54, 1.807) is 29.2 Å². The van der Waals surface area contributed by atoms with Gasteiger partial charge in [-0.25, -0.2) is 0 Å². The Hall–Kier alpha value is -2.49. The lowest BCUT2D eigenvalue weighted by atomic mass is 10.2. The molecule has 1 aromatic rings. The van der Waals surface area contributed by atoms with Crippen LogP contribution in [0.3, 0.4) is 0 Å². The molecule has 1 aliphatic rings. The van der Waals surface area contributed by atoms with Crippen molar-refractivity contribution in [1.29, 1.82) is 0 Å². The first-order valence-electron chi connectivity index (χ1n) is 14.1. The highest BCUT2D eigenvalue weighted by Crippen LogP contribution is 2.15. The fourth-order valence-electron chi connectivity index (χ4n) is 4.58. The number of carbonyl (C=O) groups is 3. The van der Waals surface area contributed by atoms with Gasteiger partial charge in [0.2, 0.25) is 5.91 Å². The highest BCUT2D eigenvalue weighted by Gasteiger charge is 2.23. The minimum atomic E-state index is -0.642. The first kappa shape index (κ1) is 30.7. The summed E-state index contributed by atoms with van der Waals surface area (Å²) in [7, 11) is 0. The van der Waals surface area contributed by atoms with Gasteiger partial charge < -0.3 is 25.3 Å². The van der Waals surface area contributed by atoms with Crippen molar-refractivity contribution in [3.8, 4) is 0 Å². The fraction of sp³-hybridized carbons (Fsp3) is 0.679. The van der Waals surface area contributed by atoms with Crippen LogP contribution in [0.15, 0.2) is 24.3 Å². The lowest BCUT2D eigenvalue weighted by Gasteiger charge is -2.28. The Bertz CT molecular complexity index is 800. The maximum Gasteiger partial charge on any atom is 0.313 e. The minimum absolute atomic E-state index is 0.0362. The normalized spacial score (nSPS) is 14.4. The van der Waals surface area contributed by atoms with Crippen LogP contribution in [-0.2, 0) is 14.4 Å². The highest BCUT2D eigenvalue weighted by atomic mass is 16.2. The Labute approximate surface area is 223 Å². The number of carbonyl (C=O) groups excluding carboxylic acids is 3. The van der Waals surface area contributed by atoms with Gasteiger partial charge in [-0.15, -0.1) is 0 Å². The Morgan fingerprint density at radius 1 is 0.703 bits per heavy atom. The summed E-state index contributed by atoms with van der Waals surface area (Å²) in [6.07, 6.45) is 4.75. The van der Waals surface area contributed by atoms with Crippen molar-refractivity contribution in [2.24, 2.45) is 0 Å². The van der Waals surface area contributed by atoms with E-state index in [-0.39, 0.29) is 5.91 Å². The summed E-state index contributed by atoms with van der Waals surface area (Å²) < 4.78 is 0. The molecule has 3 amide bonds. The summed E-state index contributed by atoms with van der Waals surface area (Å²) in [5, 5.41) is 5.66. The van der Waals surface area contributed by atoms with E-state index >= 15 is 0 Å². The van der Waals surface area contributed by atoms with Gasteiger partial charge in [-0.05, 0) is 76.4 Å². The predicted molar refractivity (Wildman–Crippen MR) is 151 cm³/mol. The molecule has 0 atom stereocenters. The van der Waals surface area contributed by atoms with Gasteiger partial charge in [0.05, 0.1) is 6.54 Å². The summed E-state index contributed by atoms with van der Waals surface area (Å²) >= 11 is 0. The SMILES string of the molecule is CCN(CC)CCN(CCN(CC)CC)C(=O)C(=O)Nc1ccc(NC(=O)CN2CCCCCC2)cc1. The smallest absolute Gasteiger partial charge is 0.313 e. The molecule has 2 N–H and O–H groups in total. The lowest BCUT2D eigenvalue weighted by molar-refractivity contribution is -0.143. The van der Waals surface area contributed by atoms with Crippen molar-refractivity contribution < 1.29 is 14.4 Å². The Balaban J connectivity index is 1.92. The second-order valence-electron chi connectivity index (χ2n) is 9.62. The third-order valence-electron chi connectivity index (χ3n) is 7.14. The second kappa shape index (κ2) is 17.1.